The molecule has 28 heavy (non-hydrogen) atoms. The van der Waals surface area contributed by atoms with Gasteiger partial charge in [0.25, 0.3) is 5.91 Å². The van der Waals surface area contributed by atoms with Crippen LogP contribution in [0.15, 0.2) is 54.2 Å². The number of carbonyl (C=O) groups excluding carboxylic acids is 1. The van der Waals surface area contributed by atoms with Crippen molar-refractivity contribution < 1.29 is 14.3 Å². The van der Waals surface area contributed by atoms with E-state index in [0.717, 1.165) is 11.1 Å². The van der Waals surface area contributed by atoms with Gasteiger partial charge in [0, 0.05) is 24.3 Å². The fraction of sp³-hybridized carbons (Fsp3) is 0.238. The quantitative estimate of drug-likeness (QED) is 0.384. The number of carbonyl (C=O) groups is 1. The van der Waals surface area contributed by atoms with Crippen molar-refractivity contribution in [2.45, 2.75) is 13.0 Å². The Balaban J connectivity index is 1.86. The summed E-state index contributed by atoms with van der Waals surface area (Å²) >= 11 is 6.06. The first-order valence-corrected chi connectivity index (χ1v) is 9.03. The van der Waals surface area contributed by atoms with Crippen LogP contribution in [-0.4, -0.2) is 26.7 Å². The summed E-state index contributed by atoms with van der Waals surface area (Å²) in [5.74, 6) is 0.870. The molecule has 2 rings (SSSR count). The normalized spacial score (nSPS) is 10.7. The van der Waals surface area contributed by atoms with Crippen molar-refractivity contribution in [2.24, 2.45) is 0 Å². The molecule has 0 unspecified atom stereocenters. The van der Waals surface area contributed by atoms with Gasteiger partial charge in [0.05, 0.1) is 14.2 Å². The van der Waals surface area contributed by atoms with Gasteiger partial charge in [0.15, 0.2) is 11.5 Å². The second-order valence-electron chi connectivity index (χ2n) is 5.84. The molecule has 0 aliphatic rings. The van der Waals surface area contributed by atoms with Crippen LogP contribution in [0.3, 0.4) is 0 Å². The third-order valence-electron chi connectivity index (χ3n) is 4.01. The number of ether oxygens (including phenoxy) is 2. The lowest BCUT2D eigenvalue weighted by atomic mass is 10.1. The number of rotatable bonds is 9. The number of nitrogens with one attached hydrogen (secondary N) is 2. The number of amides is 1. The zero-order valence-corrected chi connectivity index (χ0v) is 16.5. The minimum atomic E-state index is -0.457. The van der Waals surface area contributed by atoms with Gasteiger partial charge in [0.1, 0.15) is 11.6 Å². The number of halogens is 1. The maximum absolute atomic E-state index is 12.2. The first-order valence-electron chi connectivity index (χ1n) is 8.65. The minimum Gasteiger partial charge on any atom is -0.493 e. The molecule has 6 nitrogen and oxygen atoms in total. The summed E-state index contributed by atoms with van der Waals surface area (Å²) in [7, 11) is 3.17. The topological polar surface area (TPSA) is 83.4 Å². The molecule has 0 aromatic heterocycles. The molecule has 0 heterocycles. The Kier molecular flexibility index (Phi) is 8.19. The van der Waals surface area contributed by atoms with Crippen molar-refractivity contribution in [2.75, 3.05) is 20.8 Å². The Morgan fingerprint density at radius 1 is 1.18 bits per heavy atom. The highest BCUT2D eigenvalue weighted by molar-refractivity contribution is 6.31. The van der Waals surface area contributed by atoms with Crippen molar-refractivity contribution >= 4 is 17.5 Å². The van der Waals surface area contributed by atoms with Crippen LogP contribution >= 0.6 is 11.6 Å². The highest BCUT2D eigenvalue weighted by atomic mass is 35.5. The monoisotopic (exact) mass is 399 g/mol. The zero-order valence-electron chi connectivity index (χ0n) is 15.8. The number of hydrogen-bond donors (Lipinski definition) is 2. The van der Waals surface area contributed by atoms with Crippen LogP contribution in [0.1, 0.15) is 11.1 Å². The number of methoxy groups -OCH3 is 2. The molecule has 1 amide bonds. The van der Waals surface area contributed by atoms with Crippen LogP contribution in [0.2, 0.25) is 5.02 Å². The van der Waals surface area contributed by atoms with Crippen LogP contribution in [0.25, 0.3) is 0 Å². The molecule has 2 aromatic rings. The Morgan fingerprint density at radius 2 is 1.93 bits per heavy atom. The highest BCUT2D eigenvalue weighted by Crippen LogP contribution is 2.27. The lowest BCUT2D eigenvalue weighted by Gasteiger charge is -2.10. The summed E-state index contributed by atoms with van der Waals surface area (Å²) in [6.07, 6.45) is 2.11. The molecule has 0 bridgehead atoms. The van der Waals surface area contributed by atoms with E-state index >= 15 is 0 Å². The Morgan fingerprint density at radius 3 is 2.61 bits per heavy atom. The van der Waals surface area contributed by atoms with Gasteiger partial charge in [-0.15, -0.1) is 0 Å². The van der Waals surface area contributed by atoms with Crippen LogP contribution in [0.4, 0.5) is 0 Å². The molecule has 146 valence electrons. The number of hydrogen-bond acceptors (Lipinski definition) is 5. The smallest absolute Gasteiger partial charge is 0.263 e. The Bertz CT molecular complexity index is 891. The minimum absolute atomic E-state index is 0.000588. The predicted molar refractivity (Wildman–Crippen MR) is 108 cm³/mol. The van der Waals surface area contributed by atoms with Crippen molar-refractivity contribution in [1.29, 1.82) is 5.26 Å². The first-order chi connectivity index (χ1) is 13.6. The summed E-state index contributed by atoms with van der Waals surface area (Å²) < 4.78 is 10.5. The molecular weight excluding hydrogens is 378 g/mol. The summed E-state index contributed by atoms with van der Waals surface area (Å²) in [6, 6.07) is 14.8. The predicted octanol–water partition coefficient (Wildman–Crippen LogP) is 3.21. The molecule has 2 aromatic carbocycles. The lowest BCUT2D eigenvalue weighted by molar-refractivity contribution is -0.117. The van der Waals surface area contributed by atoms with E-state index in [1.54, 1.807) is 20.3 Å². The Hall–Kier alpha value is -3.17. The van der Waals surface area contributed by atoms with Crippen molar-refractivity contribution in [3.8, 4) is 17.6 Å². The second kappa shape index (κ2) is 10.9. The van der Waals surface area contributed by atoms with E-state index in [4.69, 9.17) is 21.1 Å². The molecular formula is C21H22ClN3O3. The van der Waals surface area contributed by atoms with E-state index in [1.807, 2.05) is 42.5 Å². The van der Waals surface area contributed by atoms with Crippen LogP contribution in [-0.2, 0) is 17.8 Å². The van der Waals surface area contributed by atoms with Gasteiger partial charge in [-0.3, -0.25) is 4.79 Å². The average Bonchev–Trinajstić information content (AvgIpc) is 2.72. The van der Waals surface area contributed by atoms with E-state index in [2.05, 4.69) is 10.6 Å². The van der Waals surface area contributed by atoms with Crippen LogP contribution < -0.4 is 20.1 Å². The maximum atomic E-state index is 12.2. The van der Waals surface area contributed by atoms with Crippen molar-refractivity contribution in [1.82, 2.24) is 10.6 Å². The maximum Gasteiger partial charge on any atom is 0.263 e. The molecule has 0 saturated carbocycles. The molecule has 0 aliphatic heterocycles. The van der Waals surface area contributed by atoms with Gasteiger partial charge in [-0.2, -0.15) is 5.26 Å². The van der Waals surface area contributed by atoms with Gasteiger partial charge in [-0.25, -0.2) is 0 Å². The molecule has 0 saturated heterocycles. The fourth-order valence-electron chi connectivity index (χ4n) is 2.49. The average molecular weight is 400 g/mol. The van der Waals surface area contributed by atoms with E-state index in [-0.39, 0.29) is 12.1 Å². The van der Waals surface area contributed by atoms with Crippen LogP contribution in [0, 0.1) is 11.3 Å². The largest absolute Gasteiger partial charge is 0.493 e. The summed E-state index contributed by atoms with van der Waals surface area (Å²) in [5.41, 5.74) is 1.83. The summed E-state index contributed by atoms with van der Waals surface area (Å²) in [4.78, 5) is 12.2. The standard InChI is InChI=1S/C21H22ClN3O3/c1-27-19-8-7-15(11-20(19)28-2)9-10-24-13-17(12-23)21(26)25-14-16-5-3-4-6-18(16)22/h3-8,11,13,24H,9-10,14H2,1-2H3,(H,25,26)/b17-13-. The van der Waals surface area contributed by atoms with Gasteiger partial charge >= 0.3 is 0 Å². The number of nitriles is 1. The number of benzene rings is 2. The zero-order chi connectivity index (χ0) is 20.4. The molecule has 0 aliphatic carbocycles. The van der Waals surface area contributed by atoms with Crippen molar-refractivity contribution in [3.05, 3.63) is 70.4 Å². The van der Waals surface area contributed by atoms with Gasteiger partial charge in [-0.05, 0) is 35.7 Å². The van der Waals surface area contributed by atoms with Gasteiger partial charge in [0.2, 0.25) is 0 Å². The highest BCUT2D eigenvalue weighted by Gasteiger charge is 2.09. The molecule has 0 spiro atoms. The third kappa shape index (κ3) is 5.93. The third-order valence-corrected chi connectivity index (χ3v) is 4.38. The van der Waals surface area contributed by atoms with Gasteiger partial charge < -0.3 is 20.1 Å². The fourth-order valence-corrected chi connectivity index (χ4v) is 2.69. The van der Waals surface area contributed by atoms with E-state index in [0.29, 0.717) is 29.5 Å². The lowest BCUT2D eigenvalue weighted by Crippen LogP contribution is -2.25. The van der Waals surface area contributed by atoms with E-state index < -0.39 is 5.91 Å². The van der Waals surface area contributed by atoms with E-state index in [1.165, 1.54) is 6.20 Å². The van der Waals surface area contributed by atoms with Crippen molar-refractivity contribution in [3.63, 3.8) is 0 Å². The summed E-state index contributed by atoms with van der Waals surface area (Å²) in [5, 5.41) is 15.5. The van der Waals surface area contributed by atoms with E-state index in [9.17, 15) is 10.1 Å². The first kappa shape index (κ1) is 21.1. The number of nitrogens with zero attached hydrogens (tertiary/aromatic N) is 1. The molecule has 0 atom stereocenters. The van der Waals surface area contributed by atoms with Crippen LogP contribution in [0.5, 0.6) is 11.5 Å². The molecule has 2 N–H and O–H groups in total. The van der Waals surface area contributed by atoms with Gasteiger partial charge in [-0.1, -0.05) is 35.9 Å². The second-order valence-corrected chi connectivity index (χ2v) is 6.24. The SMILES string of the molecule is COc1ccc(CCN/C=C(/C#N)C(=O)NCc2ccccc2Cl)cc1OC. The molecule has 0 fully saturated rings. The molecule has 0 radical (unpaired) electrons. The Labute approximate surface area is 169 Å². The molecule has 7 heteroatoms. The summed E-state index contributed by atoms with van der Waals surface area (Å²) in [6.45, 7) is 0.807.